The largest absolute Gasteiger partial charge is 0.496 e. The molecule has 2 aromatic heterocycles. The van der Waals surface area contributed by atoms with Crippen LogP contribution in [-0.2, 0) is 12.8 Å². The molecule has 0 N–H and O–H groups in total. The number of aryl methyl sites for hydroxylation is 2. The number of fused-ring (bicyclic) bond motifs is 1. The van der Waals surface area contributed by atoms with Crippen LogP contribution in [0.2, 0.25) is 0 Å². The minimum atomic E-state index is -0.0211. The fourth-order valence-electron chi connectivity index (χ4n) is 4.31. The second-order valence-electron chi connectivity index (χ2n) is 7.98. The molecule has 0 aliphatic carbocycles. The van der Waals surface area contributed by atoms with Gasteiger partial charge in [0.1, 0.15) is 11.4 Å². The topological polar surface area (TPSA) is 43.6 Å². The fraction of sp³-hybridized carbons (Fsp3) is 0.462. The van der Waals surface area contributed by atoms with Gasteiger partial charge in [-0.1, -0.05) is 46.6 Å². The highest BCUT2D eigenvalue weighted by atomic mass is 16.5. The van der Waals surface area contributed by atoms with Gasteiger partial charge in [0.15, 0.2) is 0 Å². The number of ether oxygens (including phenoxy) is 1. The molecule has 4 nitrogen and oxygen atoms in total. The SMILES string of the molecule is CCCC(CCC)c1cc(CC)c2nc(-c3ccc(OC)c(CC)c3)cc(=O)n2c1. The molecule has 160 valence electrons. The van der Waals surface area contributed by atoms with Gasteiger partial charge in [0.2, 0.25) is 0 Å². The van der Waals surface area contributed by atoms with Gasteiger partial charge >= 0.3 is 0 Å². The van der Waals surface area contributed by atoms with Crippen LogP contribution in [0.1, 0.15) is 76.0 Å². The van der Waals surface area contributed by atoms with E-state index >= 15 is 0 Å². The monoisotopic (exact) mass is 406 g/mol. The van der Waals surface area contributed by atoms with E-state index in [1.807, 2.05) is 18.3 Å². The molecule has 4 heteroatoms. The number of nitrogens with zero attached hydrogens (tertiary/aromatic N) is 2. The summed E-state index contributed by atoms with van der Waals surface area (Å²) in [5, 5.41) is 0. The Morgan fingerprint density at radius 1 is 0.967 bits per heavy atom. The minimum absolute atomic E-state index is 0.0211. The van der Waals surface area contributed by atoms with Crippen molar-refractivity contribution in [2.24, 2.45) is 0 Å². The van der Waals surface area contributed by atoms with Gasteiger partial charge in [0, 0.05) is 17.8 Å². The highest BCUT2D eigenvalue weighted by molar-refractivity contribution is 5.65. The van der Waals surface area contributed by atoms with E-state index in [0.717, 1.165) is 72.3 Å². The van der Waals surface area contributed by atoms with Crippen molar-refractivity contribution in [1.82, 2.24) is 9.38 Å². The first-order valence-corrected chi connectivity index (χ1v) is 11.3. The zero-order valence-electron chi connectivity index (χ0n) is 19.0. The fourth-order valence-corrected chi connectivity index (χ4v) is 4.31. The van der Waals surface area contributed by atoms with Gasteiger partial charge in [-0.3, -0.25) is 9.20 Å². The van der Waals surface area contributed by atoms with Crippen LogP contribution in [0.15, 0.2) is 41.3 Å². The van der Waals surface area contributed by atoms with E-state index in [1.54, 1.807) is 17.6 Å². The van der Waals surface area contributed by atoms with E-state index in [-0.39, 0.29) is 5.56 Å². The predicted octanol–water partition coefficient (Wildman–Crippen LogP) is 6.18. The molecule has 2 heterocycles. The Labute approximate surface area is 179 Å². The number of benzene rings is 1. The van der Waals surface area contributed by atoms with Crippen molar-refractivity contribution in [3.8, 4) is 17.0 Å². The van der Waals surface area contributed by atoms with Gasteiger partial charge in [-0.2, -0.15) is 0 Å². The molecule has 1 aromatic carbocycles. The Hall–Kier alpha value is -2.62. The third-order valence-corrected chi connectivity index (χ3v) is 5.94. The molecule has 0 unspecified atom stereocenters. The Bertz CT molecular complexity index is 1060. The van der Waals surface area contributed by atoms with Crippen molar-refractivity contribution in [2.75, 3.05) is 7.11 Å². The molecule has 0 saturated heterocycles. The number of methoxy groups -OCH3 is 1. The van der Waals surface area contributed by atoms with Crippen LogP contribution in [0.4, 0.5) is 0 Å². The van der Waals surface area contributed by atoms with Crippen molar-refractivity contribution in [1.29, 1.82) is 0 Å². The van der Waals surface area contributed by atoms with Crippen molar-refractivity contribution < 1.29 is 4.74 Å². The summed E-state index contributed by atoms with van der Waals surface area (Å²) in [4.78, 5) is 18.0. The molecule has 0 bridgehead atoms. The molecule has 0 aliphatic rings. The van der Waals surface area contributed by atoms with Crippen molar-refractivity contribution in [3.63, 3.8) is 0 Å². The maximum absolute atomic E-state index is 13.1. The molecule has 30 heavy (non-hydrogen) atoms. The number of rotatable bonds is 9. The highest BCUT2D eigenvalue weighted by Gasteiger charge is 2.15. The van der Waals surface area contributed by atoms with Crippen LogP contribution < -0.4 is 10.3 Å². The highest BCUT2D eigenvalue weighted by Crippen LogP contribution is 2.29. The van der Waals surface area contributed by atoms with Gasteiger partial charge in [-0.15, -0.1) is 0 Å². The number of aromatic nitrogens is 2. The molecular weight excluding hydrogens is 372 g/mol. The third-order valence-electron chi connectivity index (χ3n) is 5.94. The summed E-state index contributed by atoms with van der Waals surface area (Å²) in [5.74, 6) is 1.37. The first kappa shape index (κ1) is 22.1. The van der Waals surface area contributed by atoms with E-state index in [4.69, 9.17) is 9.72 Å². The van der Waals surface area contributed by atoms with E-state index in [9.17, 15) is 4.79 Å². The predicted molar refractivity (Wildman–Crippen MR) is 125 cm³/mol. The maximum atomic E-state index is 13.1. The average Bonchev–Trinajstić information content (AvgIpc) is 2.77. The van der Waals surface area contributed by atoms with Gasteiger partial charge in [0.05, 0.1) is 12.8 Å². The molecule has 0 amide bonds. The van der Waals surface area contributed by atoms with Gasteiger partial charge in [0.25, 0.3) is 5.56 Å². The zero-order chi connectivity index (χ0) is 21.7. The Kier molecular flexibility index (Phi) is 7.30. The molecule has 0 fully saturated rings. The van der Waals surface area contributed by atoms with E-state index < -0.39 is 0 Å². The summed E-state index contributed by atoms with van der Waals surface area (Å²) in [6, 6.07) is 9.95. The maximum Gasteiger partial charge on any atom is 0.258 e. The summed E-state index contributed by atoms with van der Waals surface area (Å²) in [5.41, 5.74) is 5.93. The Morgan fingerprint density at radius 2 is 1.67 bits per heavy atom. The quantitative estimate of drug-likeness (QED) is 0.426. The van der Waals surface area contributed by atoms with Gasteiger partial charge in [-0.25, -0.2) is 4.98 Å². The summed E-state index contributed by atoms with van der Waals surface area (Å²) >= 11 is 0. The summed E-state index contributed by atoms with van der Waals surface area (Å²) in [6.45, 7) is 8.69. The van der Waals surface area contributed by atoms with Crippen LogP contribution in [0, 0.1) is 0 Å². The van der Waals surface area contributed by atoms with Gasteiger partial charge < -0.3 is 4.74 Å². The van der Waals surface area contributed by atoms with Crippen LogP contribution in [0.5, 0.6) is 5.75 Å². The summed E-state index contributed by atoms with van der Waals surface area (Å²) < 4.78 is 7.20. The third kappa shape index (κ3) is 4.43. The van der Waals surface area contributed by atoms with Crippen LogP contribution >= 0.6 is 0 Å². The first-order valence-electron chi connectivity index (χ1n) is 11.3. The summed E-state index contributed by atoms with van der Waals surface area (Å²) in [6.07, 6.45) is 8.32. The minimum Gasteiger partial charge on any atom is -0.496 e. The Balaban J connectivity index is 2.16. The normalized spacial score (nSPS) is 11.4. The zero-order valence-corrected chi connectivity index (χ0v) is 19.0. The smallest absolute Gasteiger partial charge is 0.258 e. The molecule has 0 aliphatic heterocycles. The van der Waals surface area contributed by atoms with E-state index in [1.165, 1.54) is 5.56 Å². The molecule has 0 saturated carbocycles. The molecule has 0 radical (unpaired) electrons. The molecule has 0 spiro atoms. The lowest BCUT2D eigenvalue weighted by Gasteiger charge is -2.18. The second kappa shape index (κ2) is 9.92. The van der Waals surface area contributed by atoms with Gasteiger partial charge in [-0.05, 0) is 66.5 Å². The standard InChI is InChI=1S/C26H34N2O2/c1-6-10-20(11-7-2)22-15-19(9-4)26-27-23(16-25(29)28(26)17-22)21-12-13-24(30-5)18(8-3)14-21/h12-17,20H,6-11H2,1-5H3. The number of pyridine rings is 1. The first-order chi connectivity index (χ1) is 14.6. The van der Waals surface area contributed by atoms with E-state index in [0.29, 0.717) is 5.92 Å². The van der Waals surface area contributed by atoms with Crippen LogP contribution in [0.3, 0.4) is 0 Å². The lowest BCUT2D eigenvalue weighted by Crippen LogP contribution is -2.17. The summed E-state index contributed by atoms with van der Waals surface area (Å²) in [7, 11) is 1.68. The number of hydrogen-bond acceptors (Lipinski definition) is 3. The molecule has 0 atom stereocenters. The molecule has 3 rings (SSSR count). The van der Waals surface area contributed by atoms with E-state index in [2.05, 4.69) is 39.8 Å². The van der Waals surface area contributed by atoms with Crippen LogP contribution in [-0.4, -0.2) is 16.5 Å². The van der Waals surface area contributed by atoms with Crippen molar-refractivity contribution >= 4 is 5.65 Å². The number of hydrogen-bond donors (Lipinski definition) is 0. The molecular formula is C26H34N2O2. The van der Waals surface area contributed by atoms with Crippen molar-refractivity contribution in [2.45, 2.75) is 72.1 Å². The molecule has 3 aromatic rings. The van der Waals surface area contributed by atoms with Crippen molar-refractivity contribution in [3.05, 3.63) is 63.6 Å². The van der Waals surface area contributed by atoms with Crippen LogP contribution in [0.25, 0.3) is 16.9 Å². The Morgan fingerprint density at radius 3 is 2.27 bits per heavy atom. The lowest BCUT2D eigenvalue weighted by atomic mass is 9.90. The average molecular weight is 407 g/mol. The second-order valence-corrected chi connectivity index (χ2v) is 7.98. The lowest BCUT2D eigenvalue weighted by molar-refractivity contribution is 0.410.